The molecule has 0 aliphatic heterocycles. The van der Waals surface area contributed by atoms with Gasteiger partial charge in [-0.25, -0.2) is 4.39 Å². The normalized spacial score (nSPS) is 11.0. The molecule has 1 N–H and O–H groups in total. The number of thiophene rings is 1. The lowest BCUT2D eigenvalue weighted by molar-refractivity contribution is 0.284. The molecule has 1 heterocycles. The predicted molar refractivity (Wildman–Crippen MR) is 55.4 cm³/mol. The number of benzene rings is 1. The third-order valence-corrected chi connectivity index (χ3v) is 3.81. The van der Waals surface area contributed by atoms with Gasteiger partial charge in [0.2, 0.25) is 0 Å². The summed E-state index contributed by atoms with van der Waals surface area (Å²) in [6.45, 7) is -0.0457. The Kier molecular flexibility index (Phi) is 2.36. The van der Waals surface area contributed by atoms with Gasteiger partial charge in [-0.15, -0.1) is 11.3 Å². The van der Waals surface area contributed by atoms with E-state index < -0.39 is 0 Å². The van der Waals surface area contributed by atoms with Gasteiger partial charge in [0.05, 0.1) is 6.61 Å². The zero-order chi connectivity index (χ0) is 9.42. The first-order chi connectivity index (χ1) is 6.22. The van der Waals surface area contributed by atoms with Crippen LogP contribution in [-0.4, -0.2) is 5.11 Å². The summed E-state index contributed by atoms with van der Waals surface area (Å²) in [6.07, 6.45) is 0. The van der Waals surface area contributed by atoms with Gasteiger partial charge in [-0.1, -0.05) is 0 Å². The standard InChI is InChI=1S/C9H6BrFOS/c10-8-2-6(11)1-7-5(3-12)4-13-9(7)8/h1-2,4,12H,3H2. The molecule has 4 heteroatoms. The first-order valence-corrected chi connectivity index (χ1v) is 5.35. The molecule has 2 rings (SSSR count). The summed E-state index contributed by atoms with van der Waals surface area (Å²) in [6, 6.07) is 2.88. The summed E-state index contributed by atoms with van der Waals surface area (Å²) >= 11 is 4.78. The SMILES string of the molecule is OCc1csc2c(Br)cc(F)cc12. The van der Waals surface area contributed by atoms with Gasteiger partial charge >= 0.3 is 0 Å². The topological polar surface area (TPSA) is 20.2 Å². The van der Waals surface area contributed by atoms with Crippen molar-refractivity contribution in [1.82, 2.24) is 0 Å². The molecule has 0 saturated heterocycles. The summed E-state index contributed by atoms with van der Waals surface area (Å²) in [7, 11) is 0. The highest BCUT2D eigenvalue weighted by molar-refractivity contribution is 9.10. The van der Waals surface area contributed by atoms with Crippen LogP contribution in [0.15, 0.2) is 22.0 Å². The summed E-state index contributed by atoms with van der Waals surface area (Å²) in [4.78, 5) is 0. The van der Waals surface area contributed by atoms with Crippen molar-refractivity contribution in [3.05, 3.63) is 33.4 Å². The van der Waals surface area contributed by atoms with E-state index in [1.165, 1.54) is 23.5 Å². The van der Waals surface area contributed by atoms with Gasteiger partial charge in [-0.2, -0.15) is 0 Å². The first kappa shape index (κ1) is 9.12. The molecule has 0 aliphatic carbocycles. The molecule has 0 saturated carbocycles. The molecular formula is C9H6BrFOS. The van der Waals surface area contributed by atoms with Crippen LogP contribution in [0.4, 0.5) is 4.39 Å². The number of hydrogen-bond donors (Lipinski definition) is 1. The van der Waals surface area contributed by atoms with Crippen LogP contribution in [0.2, 0.25) is 0 Å². The Labute approximate surface area is 86.9 Å². The number of aliphatic hydroxyl groups is 1. The quantitative estimate of drug-likeness (QED) is 0.835. The van der Waals surface area contributed by atoms with Crippen molar-refractivity contribution >= 4 is 37.4 Å². The highest BCUT2D eigenvalue weighted by Gasteiger charge is 2.07. The summed E-state index contributed by atoms with van der Waals surface area (Å²) in [5, 5.41) is 11.6. The maximum Gasteiger partial charge on any atom is 0.125 e. The van der Waals surface area contributed by atoms with Gasteiger partial charge < -0.3 is 5.11 Å². The Balaban J connectivity index is 2.82. The van der Waals surface area contributed by atoms with E-state index in [2.05, 4.69) is 15.9 Å². The molecule has 0 atom stereocenters. The lowest BCUT2D eigenvalue weighted by Crippen LogP contribution is -1.80. The monoisotopic (exact) mass is 260 g/mol. The third kappa shape index (κ3) is 1.49. The highest BCUT2D eigenvalue weighted by Crippen LogP contribution is 2.33. The zero-order valence-electron chi connectivity index (χ0n) is 6.55. The van der Waals surface area contributed by atoms with Crippen LogP contribution in [-0.2, 0) is 6.61 Å². The van der Waals surface area contributed by atoms with E-state index in [4.69, 9.17) is 5.11 Å². The van der Waals surface area contributed by atoms with Crippen LogP contribution in [0.25, 0.3) is 10.1 Å². The number of hydrogen-bond acceptors (Lipinski definition) is 2. The molecule has 0 radical (unpaired) electrons. The molecular weight excluding hydrogens is 255 g/mol. The molecule has 0 spiro atoms. The Bertz CT molecular complexity index is 452. The summed E-state index contributed by atoms with van der Waals surface area (Å²) < 4.78 is 14.7. The third-order valence-electron chi connectivity index (χ3n) is 1.84. The van der Waals surface area contributed by atoms with Crippen LogP contribution in [0.3, 0.4) is 0 Å². The molecule has 1 aromatic heterocycles. The van der Waals surface area contributed by atoms with Gasteiger partial charge in [0.1, 0.15) is 5.82 Å². The highest BCUT2D eigenvalue weighted by atomic mass is 79.9. The Hall–Kier alpha value is -0.450. The Morgan fingerprint density at radius 3 is 2.92 bits per heavy atom. The van der Waals surface area contributed by atoms with Crippen molar-refractivity contribution in [3.8, 4) is 0 Å². The lowest BCUT2D eigenvalue weighted by atomic mass is 10.2. The minimum Gasteiger partial charge on any atom is -0.392 e. The fraction of sp³-hybridized carbons (Fsp3) is 0.111. The maximum absolute atomic E-state index is 13.0. The van der Waals surface area contributed by atoms with Crippen molar-refractivity contribution in [2.75, 3.05) is 0 Å². The Morgan fingerprint density at radius 2 is 2.23 bits per heavy atom. The Morgan fingerprint density at radius 1 is 1.46 bits per heavy atom. The molecule has 0 aliphatic rings. The van der Waals surface area contributed by atoms with Crippen molar-refractivity contribution in [1.29, 1.82) is 0 Å². The van der Waals surface area contributed by atoms with Crippen LogP contribution >= 0.6 is 27.3 Å². The second-order valence-electron chi connectivity index (χ2n) is 2.68. The van der Waals surface area contributed by atoms with Crippen molar-refractivity contribution in [3.63, 3.8) is 0 Å². The predicted octanol–water partition coefficient (Wildman–Crippen LogP) is 3.30. The van der Waals surface area contributed by atoms with Gasteiger partial charge in [0.25, 0.3) is 0 Å². The molecule has 0 amide bonds. The molecule has 0 fully saturated rings. The average molecular weight is 261 g/mol. The minimum atomic E-state index is -0.285. The van der Waals surface area contributed by atoms with E-state index in [1.54, 1.807) is 0 Å². The van der Waals surface area contributed by atoms with Crippen molar-refractivity contribution < 1.29 is 9.50 Å². The molecule has 2 aromatic rings. The van der Waals surface area contributed by atoms with Crippen LogP contribution in [0.5, 0.6) is 0 Å². The summed E-state index contributed by atoms with van der Waals surface area (Å²) in [5.74, 6) is -0.285. The lowest BCUT2D eigenvalue weighted by Gasteiger charge is -1.96. The molecule has 0 bridgehead atoms. The zero-order valence-corrected chi connectivity index (χ0v) is 8.95. The smallest absolute Gasteiger partial charge is 0.125 e. The number of aliphatic hydroxyl groups excluding tert-OH is 1. The van der Waals surface area contributed by atoms with Gasteiger partial charge in [-0.3, -0.25) is 0 Å². The molecule has 1 aromatic carbocycles. The van der Waals surface area contributed by atoms with E-state index in [1.807, 2.05) is 5.38 Å². The van der Waals surface area contributed by atoms with Gasteiger partial charge in [0.15, 0.2) is 0 Å². The van der Waals surface area contributed by atoms with Gasteiger partial charge in [-0.05, 0) is 39.0 Å². The van der Waals surface area contributed by atoms with Crippen LogP contribution < -0.4 is 0 Å². The minimum absolute atomic E-state index is 0.0457. The van der Waals surface area contributed by atoms with E-state index >= 15 is 0 Å². The number of rotatable bonds is 1. The molecule has 13 heavy (non-hydrogen) atoms. The fourth-order valence-corrected chi connectivity index (χ4v) is 2.90. The van der Waals surface area contributed by atoms with Gasteiger partial charge in [0, 0.05) is 14.6 Å². The second kappa shape index (κ2) is 3.36. The molecule has 0 unspecified atom stereocenters. The van der Waals surface area contributed by atoms with Crippen LogP contribution in [0.1, 0.15) is 5.56 Å². The van der Waals surface area contributed by atoms with Crippen molar-refractivity contribution in [2.45, 2.75) is 6.61 Å². The number of halogens is 2. The van der Waals surface area contributed by atoms with Crippen molar-refractivity contribution in [2.24, 2.45) is 0 Å². The van der Waals surface area contributed by atoms with Crippen LogP contribution in [0, 0.1) is 5.82 Å². The maximum atomic E-state index is 13.0. The largest absolute Gasteiger partial charge is 0.392 e. The van der Waals surface area contributed by atoms with E-state index in [0.717, 1.165) is 20.1 Å². The first-order valence-electron chi connectivity index (χ1n) is 3.68. The molecule has 1 nitrogen and oxygen atoms in total. The second-order valence-corrected chi connectivity index (χ2v) is 4.42. The fourth-order valence-electron chi connectivity index (χ4n) is 1.23. The average Bonchev–Trinajstić information content (AvgIpc) is 2.47. The van der Waals surface area contributed by atoms with E-state index in [-0.39, 0.29) is 12.4 Å². The summed E-state index contributed by atoms with van der Waals surface area (Å²) in [5.41, 5.74) is 0.778. The van der Waals surface area contributed by atoms with E-state index in [9.17, 15) is 4.39 Å². The number of fused-ring (bicyclic) bond motifs is 1. The van der Waals surface area contributed by atoms with E-state index in [0.29, 0.717) is 0 Å². The molecule has 68 valence electrons.